The van der Waals surface area contributed by atoms with E-state index >= 15 is 0 Å². The number of rotatable bonds is 7. The minimum Gasteiger partial charge on any atom is -0.377 e. The molecule has 1 aliphatic carbocycles. The molecule has 7 heteroatoms. The molecule has 16 heavy (non-hydrogen) atoms. The van der Waals surface area contributed by atoms with Gasteiger partial charge in [-0.3, -0.25) is 0 Å². The van der Waals surface area contributed by atoms with Crippen molar-refractivity contribution in [3.8, 4) is 0 Å². The highest BCUT2D eigenvalue weighted by Crippen LogP contribution is 2.26. The number of nitrogens with one attached hydrogen (secondary N) is 1. The maximum Gasteiger partial charge on any atom is 0.210 e. The normalized spacial score (nSPS) is 30.1. The van der Waals surface area contributed by atoms with Crippen LogP contribution in [0, 0.1) is 0 Å². The fraction of sp³-hybridized carbons (Fsp3) is 1.00. The summed E-state index contributed by atoms with van der Waals surface area (Å²) in [6.45, 7) is 2.95. The fourth-order valence-electron chi connectivity index (χ4n) is 1.86. The van der Waals surface area contributed by atoms with Gasteiger partial charge < -0.3 is 14.8 Å². The molecule has 0 heterocycles. The molecular formula is C9H20N2O4S. The number of hydrogen-bond acceptors (Lipinski definition) is 5. The molecular weight excluding hydrogens is 232 g/mol. The largest absolute Gasteiger partial charge is 0.377 e. The van der Waals surface area contributed by atoms with Gasteiger partial charge in [-0.1, -0.05) is 0 Å². The van der Waals surface area contributed by atoms with E-state index in [0.717, 1.165) is 6.42 Å². The molecule has 1 rings (SSSR count). The van der Waals surface area contributed by atoms with Crippen molar-refractivity contribution < 1.29 is 17.9 Å². The van der Waals surface area contributed by atoms with Crippen molar-refractivity contribution in [3.63, 3.8) is 0 Å². The molecule has 0 aromatic carbocycles. The zero-order valence-corrected chi connectivity index (χ0v) is 10.5. The van der Waals surface area contributed by atoms with Gasteiger partial charge in [0.05, 0.1) is 18.0 Å². The smallest absolute Gasteiger partial charge is 0.210 e. The van der Waals surface area contributed by atoms with E-state index < -0.39 is 10.0 Å². The highest BCUT2D eigenvalue weighted by Gasteiger charge is 2.41. The first kappa shape index (κ1) is 13.9. The third-order valence-corrected chi connectivity index (χ3v) is 3.47. The van der Waals surface area contributed by atoms with E-state index in [1.807, 2.05) is 6.92 Å². The maximum absolute atomic E-state index is 10.7. The average Bonchev–Trinajstić information content (AvgIpc) is 2.14. The Labute approximate surface area is 96.5 Å². The van der Waals surface area contributed by atoms with Crippen molar-refractivity contribution in [2.24, 2.45) is 5.14 Å². The SMILES string of the molecule is CCOC1CC(NCCS(N)(=O)=O)C1OC. The Morgan fingerprint density at radius 3 is 2.69 bits per heavy atom. The van der Waals surface area contributed by atoms with Crippen molar-refractivity contribution in [1.29, 1.82) is 0 Å². The topological polar surface area (TPSA) is 90.6 Å². The van der Waals surface area contributed by atoms with Gasteiger partial charge in [0, 0.05) is 26.3 Å². The van der Waals surface area contributed by atoms with Gasteiger partial charge in [0.1, 0.15) is 0 Å². The van der Waals surface area contributed by atoms with Crippen LogP contribution in [0.4, 0.5) is 0 Å². The first-order chi connectivity index (χ1) is 7.48. The standard InChI is InChI=1S/C9H20N2O4S/c1-3-15-8-6-7(9(8)14-2)11-4-5-16(10,12)13/h7-9,11H,3-6H2,1-2H3,(H2,10,12,13). The fourth-order valence-corrected chi connectivity index (χ4v) is 2.26. The van der Waals surface area contributed by atoms with E-state index in [4.69, 9.17) is 14.6 Å². The molecule has 0 saturated heterocycles. The molecule has 0 aliphatic heterocycles. The van der Waals surface area contributed by atoms with Gasteiger partial charge in [-0.05, 0) is 13.3 Å². The van der Waals surface area contributed by atoms with Gasteiger partial charge in [-0.2, -0.15) is 0 Å². The van der Waals surface area contributed by atoms with Crippen LogP contribution in [-0.2, 0) is 19.5 Å². The second kappa shape index (κ2) is 5.92. The van der Waals surface area contributed by atoms with Crippen LogP contribution >= 0.6 is 0 Å². The van der Waals surface area contributed by atoms with Crippen molar-refractivity contribution in [2.75, 3.05) is 26.0 Å². The second-order valence-electron chi connectivity index (χ2n) is 3.86. The van der Waals surface area contributed by atoms with Gasteiger partial charge in [0.25, 0.3) is 0 Å². The van der Waals surface area contributed by atoms with E-state index in [1.54, 1.807) is 7.11 Å². The average molecular weight is 252 g/mol. The van der Waals surface area contributed by atoms with Crippen LogP contribution in [0.2, 0.25) is 0 Å². The first-order valence-electron chi connectivity index (χ1n) is 5.36. The number of methoxy groups -OCH3 is 1. The molecule has 0 amide bonds. The Hall–Kier alpha value is -0.210. The minimum atomic E-state index is -3.39. The summed E-state index contributed by atoms with van der Waals surface area (Å²) < 4.78 is 32.2. The molecule has 0 bridgehead atoms. The Balaban J connectivity index is 2.24. The van der Waals surface area contributed by atoms with Gasteiger partial charge in [0.2, 0.25) is 10.0 Å². The lowest BCUT2D eigenvalue weighted by Crippen LogP contribution is -2.60. The number of primary sulfonamides is 1. The Morgan fingerprint density at radius 2 is 2.19 bits per heavy atom. The molecule has 6 nitrogen and oxygen atoms in total. The summed E-state index contributed by atoms with van der Waals surface area (Å²) in [7, 11) is -1.76. The zero-order chi connectivity index (χ0) is 12.2. The number of nitrogens with two attached hydrogens (primary N) is 1. The highest BCUT2D eigenvalue weighted by atomic mass is 32.2. The van der Waals surface area contributed by atoms with E-state index in [0.29, 0.717) is 13.2 Å². The lowest BCUT2D eigenvalue weighted by atomic mass is 9.85. The van der Waals surface area contributed by atoms with Crippen LogP contribution in [-0.4, -0.2) is 52.7 Å². The summed E-state index contributed by atoms with van der Waals surface area (Å²) in [5.41, 5.74) is 0. The van der Waals surface area contributed by atoms with E-state index in [-0.39, 0.29) is 24.0 Å². The summed E-state index contributed by atoms with van der Waals surface area (Å²) in [6.07, 6.45) is 0.958. The van der Waals surface area contributed by atoms with Crippen molar-refractivity contribution in [1.82, 2.24) is 5.32 Å². The van der Waals surface area contributed by atoms with Crippen molar-refractivity contribution >= 4 is 10.0 Å². The molecule has 0 aromatic rings. The van der Waals surface area contributed by atoms with Crippen LogP contribution in [0.15, 0.2) is 0 Å². The molecule has 3 N–H and O–H groups in total. The Bertz CT molecular complexity index is 307. The molecule has 1 fully saturated rings. The Morgan fingerprint density at radius 1 is 1.50 bits per heavy atom. The lowest BCUT2D eigenvalue weighted by molar-refractivity contribution is -0.130. The summed E-state index contributed by atoms with van der Waals surface area (Å²) >= 11 is 0. The van der Waals surface area contributed by atoms with Gasteiger partial charge in [-0.15, -0.1) is 0 Å². The second-order valence-corrected chi connectivity index (χ2v) is 5.59. The summed E-state index contributed by atoms with van der Waals surface area (Å²) in [4.78, 5) is 0. The molecule has 96 valence electrons. The molecule has 0 aromatic heterocycles. The predicted molar refractivity (Wildman–Crippen MR) is 60.6 cm³/mol. The van der Waals surface area contributed by atoms with Crippen molar-refractivity contribution in [2.45, 2.75) is 31.6 Å². The monoisotopic (exact) mass is 252 g/mol. The third kappa shape index (κ3) is 3.99. The molecule has 3 atom stereocenters. The quantitative estimate of drug-likeness (QED) is 0.610. The van der Waals surface area contributed by atoms with Gasteiger partial charge >= 0.3 is 0 Å². The third-order valence-electron chi connectivity index (χ3n) is 2.70. The van der Waals surface area contributed by atoms with Crippen LogP contribution < -0.4 is 10.5 Å². The lowest BCUT2D eigenvalue weighted by Gasteiger charge is -2.43. The number of hydrogen-bond donors (Lipinski definition) is 2. The first-order valence-corrected chi connectivity index (χ1v) is 7.07. The van der Waals surface area contributed by atoms with Crippen molar-refractivity contribution in [3.05, 3.63) is 0 Å². The van der Waals surface area contributed by atoms with Gasteiger partial charge in [-0.25, -0.2) is 13.6 Å². The van der Waals surface area contributed by atoms with Crippen LogP contribution in [0.25, 0.3) is 0 Å². The van der Waals surface area contributed by atoms with Crippen LogP contribution in [0.5, 0.6) is 0 Å². The summed E-state index contributed by atoms with van der Waals surface area (Å²) in [6, 6.07) is 0.156. The van der Waals surface area contributed by atoms with Crippen LogP contribution in [0.1, 0.15) is 13.3 Å². The molecule has 1 saturated carbocycles. The summed E-state index contributed by atoms with van der Waals surface area (Å²) in [5.74, 6) is -0.0563. The van der Waals surface area contributed by atoms with E-state index in [2.05, 4.69) is 5.32 Å². The molecule has 0 spiro atoms. The number of sulfonamides is 1. The Kier molecular flexibility index (Phi) is 5.13. The zero-order valence-electron chi connectivity index (χ0n) is 9.68. The van der Waals surface area contributed by atoms with E-state index in [1.165, 1.54) is 0 Å². The van der Waals surface area contributed by atoms with Gasteiger partial charge in [0.15, 0.2) is 0 Å². The maximum atomic E-state index is 10.7. The summed E-state index contributed by atoms with van der Waals surface area (Å²) in [5, 5.41) is 8.00. The predicted octanol–water partition coefficient (Wildman–Crippen LogP) is -0.943. The highest BCUT2D eigenvalue weighted by molar-refractivity contribution is 7.89. The minimum absolute atomic E-state index is 0.000397. The number of ether oxygens (including phenoxy) is 2. The van der Waals surface area contributed by atoms with Crippen LogP contribution in [0.3, 0.4) is 0 Å². The molecule has 3 unspecified atom stereocenters. The molecule has 1 aliphatic rings. The van der Waals surface area contributed by atoms with E-state index in [9.17, 15) is 8.42 Å². The molecule has 0 radical (unpaired) electrons.